The van der Waals surface area contributed by atoms with Gasteiger partial charge in [-0.15, -0.1) is 0 Å². The molecule has 0 amide bonds. The summed E-state index contributed by atoms with van der Waals surface area (Å²) in [5, 5.41) is 4.27. The van der Waals surface area contributed by atoms with Crippen LogP contribution in [0.1, 0.15) is 5.56 Å². The Morgan fingerprint density at radius 1 is 1.10 bits per heavy atom. The number of pyridine rings is 1. The molecule has 1 aromatic heterocycles. The fourth-order valence-corrected chi connectivity index (χ4v) is 2.43. The Morgan fingerprint density at radius 2 is 1.86 bits per heavy atom. The third-order valence-electron chi connectivity index (χ3n) is 3.16. The standard InChI is InChI=1S/C17H15BrN2O/c1-19-11-13-10-12-4-2-3-5-16(12)20-17(13)21-15-8-6-14(18)7-9-15/h2-10,19H,11H2,1H3. The zero-order chi connectivity index (χ0) is 14.7. The summed E-state index contributed by atoms with van der Waals surface area (Å²) >= 11 is 3.42. The molecule has 0 saturated heterocycles. The van der Waals surface area contributed by atoms with E-state index in [1.807, 2.05) is 49.5 Å². The summed E-state index contributed by atoms with van der Waals surface area (Å²) < 4.78 is 6.98. The van der Waals surface area contributed by atoms with E-state index in [1.165, 1.54) is 0 Å². The van der Waals surface area contributed by atoms with Gasteiger partial charge in [0.2, 0.25) is 5.88 Å². The maximum absolute atomic E-state index is 5.95. The van der Waals surface area contributed by atoms with E-state index in [4.69, 9.17) is 4.74 Å². The van der Waals surface area contributed by atoms with E-state index < -0.39 is 0 Å². The van der Waals surface area contributed by atoms with Gasteiger partial charge in [-0.2, -0.15) is 0 Å². The third-order valence-corrected chi connectivity index (χ3v) is 3.69. The topological polar surface area (TPSA) is 34.2 Å². The molecule has 0 aliphatic heterocycles. The van der Waals surface area contributed by atoms with Gasteiger partial charge in [-0.25, -0.2) is 4.98 Å². The fraction of sp³-hybridized carbons (Fsp3) is 0.118. The first-order valence-electron chi connectivity index (χ1n) is 6.73. The lowest BCUT2D eigenvalue weighted by Crippen LogP contribution is -2.07. The molecule has 0 atom stereocenters. The van der Waals surface area contributed by atoms with Gasteiger partial charge in [0.05, 0.1) is 5.52 Å². The van der Waals surface area contributed by atoms with Gasteiger partial charge in [0.15, 0.2) is 0 Å². The molecular formula is C17H15BrN2O. The first kappa shape index (κ1) is 14.0. The molecule has 2 aromatic carbocycles. The molecule has 0 saturated carbocycles. The molecule has 0 aliphatic carbocycles. The molecule has 3 nitrogen and oxygen atoms in total. The van der Waals surface area contributed by atoms with E-state index in [0.717, 1.165) is 26.7 Å². The van der Waals surface area contributed by atoms with Crippen LogP contribution in [-0.4, -0.2) is 12.0 Å². The van der Waals surface area contributed by atoms with E-state index >= 15 is 0 Å². The monoisotopic (exact) mass is 342 g/mol. The average Bonchev–Trinajstić information content (AvgIpc) is 2.50. The minimum atomic E-state index is 0.644. The Morgan fingerprint density at radius 3 is 2.62 bits per heavy atom. The SMILES string of the molecule is CNCc1cc2ccccc2nc1Oc1ccc(Br)cc1. The smallest absolute Gasteiger partial charge is 0.224 e. The van der Waals surface area contributed by atoms with Crippen molar-refractivity contribution in [1.82, 2.24) is 10.3 Å². The molecule has 3 aromatic rings. The van der Waals surface area contributed by atoms with Gasteiger partial charge in [0.1, 0.15) is 5.75 Å². The summed E-state index contributed by atoms with van der Waals surface area (Å²) in [4.78, 5) is 4.64. The number of ether oxygens (including phenoxy) is 1. The summed E-state index contributed by atoms with van der Waals surface area (Å²) in [6, 6.07) is 17.9. The highest BCUT2D eigenvalue weighted by Gasteiger charge is 2.09. The zero-order valence-electron chi connectivity index (χ0n) is 11.6. The van der Waals surface area contributed by atoms with Crippen molar-refractivity contribution in [2.45, 2.75) is 6.54 Å². The predicted octanol–water partition coefficient (Wildman–Crippen LogP) is 4.51. The number of rotatable bonds is 4. The fourth-order valence-electron chi connectivity index (χ4n) is 2.16. The van der Waals surface area contributed by atoms with Crippen molar-refractivity contribution in [2.75, 3.05) is 7.05 Å². The quantitative estimate of drug-likeness (QED) is 0.757. The molecule has 1 heterocycles. The van der Waals surface area contributed by atoms with Crippen LogP contribution in [0.15, 0.2) is 59.1 Å². The van der Waals surface area contributed by atoms with Crippen LogP contribution in [0.5, 0.6) is 11.6 Å². The van der Waals surface area contributed by atoms with E-state index in [-0.39, 0.29) is 0 Å². The van der Waals surface area contributed by atoms with Crippen molar-refractivity contribution < 1.29 is 4.74 Å². The maximum Gasteiger partial charge on any atom is 0.224 e. The van der Waals surface area contributed by atoms with Crippen LogP contribution in [0.2, 0.25) is 0 Å². The molecule has 0 spiro atoms. The Hall–Kier alpha value is -1.91. The summed E-state index contributed by atoms with van der Waals surface area (Å²) in [7, 11) is 1.92. The normalized spacial score (nSPS) is 10.8. The van der Waals surface area contributed by atoms with Crippen molar-refractivity contribution in [1.29, 1.82) is 0 Å². The van der Waals surface area contributed by atoms with Gasteiger partial charge in [-0.3, -0.25) is 0 Å². The van der Waals surface area contributed by atoms with Gasteiger partial charge in [-0.05, 0) is 43.4 Å². The van der Waals surface area contributed by atoms with Gasteiger partial charge in [-0.1, -0.05) is 34.1 Å². The van der Waals surface area contributed by atoms with Crippen molar-refractivity contribution in [2.24, 2.45) is 0 Å². The van der Waals surface area contributed by atoms with Crippen LogP contribution in [0.25, 0.3) is 10.9 Å². The number of hydrogen-bond donors (Lipinski definition) is 1. The molecule has 1 N–H and O–H groups in total. The van der Waals surface area contributed by atoms with Crippen LogP contribution in [0, 0.1) is 0 Å². The minimum Gasteiger partial charge on any atom is -0.439 e. The average molecular weight is 343 g/mol. The molecule has 4 heteroatoms. The van der Waals surface area contributed by atoms with E-state index in [9.17, 15) is 0 Å². The number of halogens is 1. The number of benzene rings is 2. The zero-order valence-corrected chi connectivity index (χ0v) is 13.2. The lowest BCUT2D eigenvalue weighted by Gasteiger charge is -2.11. The van der Waals surface area contributed by atoms with Crippen molar-refractivity contribution >= 4 is 26.8 Å². The third kappa shape index (κ3) is 3.23. The molecule has 0 radical (unpaired) electrons. The predicted molar refractivity (Wildman–Crippen MR) is 88.7 cm³/mol. The number of nitrogens with zero attached hydrogens (tertiary/aromatic N) is 1. The van der Waals surface area contributed by atoms with Crippen LogP contribution in [-0.2, 0) is 6.54 Å². The van der Waals surface area contributed by atoms with E-state index in [0.29, 0.717) is 12.4 Å². The first-order valence-corrected chi connectivity index (χ1v) is 7.52. The number of nitrogens with one attached hydrogen (secondary N) is 1. The van der Waals surface area contributed by atoms with Crippen LogP contribution in [0.3, 0.4) is 0 Å². The summed E-state index contributed by atoms with van der Waals surface area (Å²) in [6.07, 6.45) is 0. The molecule has 0 bridgehead atoms. The Kier molecular flexibility index (Phi) is 4.18. The van der Waals surface area contributed by atoms with Gasteiger partial charge >= 0.3 is 0 Å². The van der Waals surface area contributed by atoms with Gasteiger partial charge in [0, 0.05) is 22.0 Å². The number of fused-ring (bicyclic) bond motifs is 1. The van der Waals surface area contributed by atoms with Crippen LogP contribution >= 0.6 is 15.9 Å². The van der Waals surface area contributed by atoms with Gasteiger partial charge in [0.25, 0.3) is 0 Å². The molecule has 106 valence electrons. The Labute approximate surface area is 132 Å². The summed E-state index contributed by atoms with van der Waals surface area (Å²) in [6.45, 7) is 0.712. The van der Waals surface area contributed by atoms with Crippen molar-refractivity contribution in [3.63, 3.8) is 0 Å². The Balaban J connectivity index is 2.02. The van der Waals surface area contributed by atoms with Gasteiger partial charge < -0.3 is 10.1 Å². The summed E-state index contributed by atoms with van der Waals surface area (Å²) in [5.74, 6) is 1.42. The van der Waals surface area contributed by atoms with Crippen LogP contribution < -0.4 is 10.1 Å². The molecule has 0 aliphatic rings. The second-order valence-corrected chi connectivity index (χ2v) is 5.65. The number of hydrogen-bond acceptors (Lipinski definition) is 3. The number of aromatic nitrogens is 1. The largest absolute Gasteiger partial charge is 0.439 e. The highest BCUT2D eigenvalue weighted by Crippen LogP contribution is 2.27. The Bertz CT molecular complexity index is 756. The molecule has 0 fully saturated rings. The minimum absolute atomic E-state index is 0.644. The summed E-state index contributed by atoms with van der Waals surface area (Å²) in [5.41, 5.74) is 1.98. The molecular weight excluding hydrogens is 328 g/mol. The second kappa shape index (κ2) is 6.24. The lowest BCUT2D eigenvalue weighted by molar-refractivity contribution is 0.456. The van der Waals surface area contributed by atoms with E-state index in [2.05, 4.69) is 38.4 Å². The number of para-hydroxylation sites is 1. The highest BCUT2D eigenvalue weighted by atomic mass is 79.9. The highest BCUT2D eigenvalue weighted by molar-refractivity contribution is 9.10. The van der Waals surface area contributed by atoms with Crippen molar-refractivity contribution in [3.05, 3.63) is 64.6 Å². The molecule has 3 rings (SSSR count). The van der Waals surface area contributed by atoms with Crippen molar-refractivity contribution in [3.8, 4) is 11.6 Å². The van der Waals surface area contributed by atoms with Crippen LogP contribution in [0.4, 0.5) is 0 Å². The lowest BCUT2D eigenvalue weighted by atomic mass is 10.1. The molecule has 0 unspecified atom stereocenters. The first-order chi connectivity index (χ1) is 10.3. The second-order valence-electron chi connectivity index (χ2n) is 4.73. The molecule has 21 heavy (non-hydrogen) atoms. The maximum atomic E-state index is 5.95. The van der Waals surface area contributed by atoms with E-state index in [1.54, 1.807) is 0 Å².